The van der Waals surface area contributed by atoms with Crippen LogP contribution in [-0.4, -0.2) is 58.3 Å². The minimum absolute atomic E-state index is 0.0384. The molecule has 0 saturated carbocycles. The maximum atomic E-state index is 12.9. The van der Waals surface area contributed by atoms with Gasteiger partial charge in [0.25, 0.3) is 5.56 Å². The van der Waals surface area contributed by atoms with Crippen LogP contribution in [0.1, 0.15) is 12.8 Å². The molecule has 3 aromatic rings. The van der Waals surface area contributed by atoms with Crippen molar-refractivity contribution in [1.82, 2.24) is 18.8 Å². The van der Waals surface area contributed by atoms with Gasteiger partial charge < -0.3 is 5.32 Å². The van der Waals surface area contributed by atoms with Crippen molar-refractivity contribution < 1.29 is 21.6 Å². The lowest BCUT2D eigenvalue weighted by Crippen LogP contribution is -2.45. The summed E-state index contributed by atoms with van der Waals surface area (Å²) in [6.45, 7) is -0.0767. The molecule has 182 valence electrons. The van der Waals surface area contributed by atoms with E-state index in [2.05, 4.69) is 15.3 Å². The molecule has 0 bridgehead atoms. The number of pyridine rings is 1. The highest BCUT2D eigenvalue weighted by molar-refractivity contribution is 7.89. The predicted octanol–water partition coefficient (Wildman–Crippen LogP) is 3.42. The number of piperidine rings is 1. The van der Waals surface area contributed by atoms with E-state index in [1.54, 1.807) is 43.6 Å². The zero-order valence-corrected chi connectivity index (χ0v) is 19.6. The standard InChI is InChI=1S/C21H21ClF3N5O3S/c1-29-18-13(10-16(19(29)31)15-4-2-3-5-17(15)22)11-26-20(28-18)27-14-6-8-30(9-7-14)34(32,33)12-21(23,24)25/h2-5,10-11,14H,6-9,12H2,1H3,(H,26,27,28). The Balaban J connectivity index is 1.51. The Labute approximate surface area is 198 Å². The number of nitrogens with one attached hydrogen (secondary N) is 1. The van der Waals surface area contributed by atoms with Crippen LogP contribution in [0.25, 0.3) is 22.2 Å². The van der Waals surface area contributed by atoms with Crippen LogP contribution in [0.4, 0.5) is 19.1 Å². The second-order valence-corrected chi connectivity index (χ2v) is 10.4. The molecular formula is C21H21ClF3N5O3S. The maximum Gasteiger partial charge on any atom is 0.404 e. The van der Waals surface area contributed by atoms with Gasteiger partial charge in [0.05, 0.1) is 0 Å². The second kappa shape index (κ2) is 9.16. The molecule has 0 spiro atoms. The van der Waals surface area contributed by atoms with E-state index < -0.39 is 22.0 Å². The molecule has 0 unspecified atom stereocenters. The number of alkyl halides is 3. The summed E-state index contributed by atoms with van der Waals surface area (Å²) in [5.74, 6) is -1.62. The van der Waals surface area contributed by atoms with Crippen molar-refractivity contribution in [3.63, 3.8) is 0 Å². The molecule has 0 atom stereocenters. The summed E-state index contributed by atoms with van der Waals surface area (Å²) >= 11 is 6.25. The van der Waals surface area contributed by atoms with Crippen LogP contribution in [0.15, 0.2) is 41.3 Å². The Morgan fingerprint density at radius 2 is 1.85 bits per heavy atom. The van der Waals surface area contributed by atoms with Crippen molar-refractivity contribution in [2.24, 2.45) is 7.05 Å². The number of rotatable bonds is 5. The first-order valence-electron chi connectivity index (χ1n) is 10.4. The number of nitrogens with zero attached hydrogens (tertiary/aromatic N) is 4. The zero-order chi connectivity index (χ0) is 24.7. The molecule has 8 nitrogen and oxygen atoms in total. The Bertz CT molecular complexity index is 1390. The smallest absolute Gasteiger partial charge is 0.351 e. The van der Waals surface area contributed by atoms with E-state index in [1.807, 2.05) is 0 Å². The van der Waals surface area contributed by atoms with E-state index in [-0.39, 0.29) is 30.6 Å². The van der Waals surface area contributed by atoms with Gasteiger partial charge in [0, 0.05) is 53.9 Å². The van der Waals surface area contributed by atoms with Gasteiger partial charge in [0.15, 0.2) is 5.75 Å². The third kappa shape index (κ3) is 5.18. The number of anilines is 1. The van der Waals surface area contributed by atoms with Gasteiger partial charge in [-0.1, -0.05) is 29.8 Å². The van der Waals surface area contributed by atoms with Gasteiger partial charge in [0.1, 0.15) is 5.65 Å². The topological polar surface area (TPSA) is 97.2 Å². The van der Waals surface area contributed by atoms with E-state index in [4.69, 9.17) is 11.6 Å². The van der Waals surface area contributed by atoms with Crippen LogP contribution in [0.5, 0.6) is 0 Å². The molecule has 1 N–H and O–H groups in total. The summed E-state index contributed by atoms with van der Waals surface area (Å²) in [7, 11) is -2.82. The predicted molar refractivity (Wildman–Crippen MR) is 123 cm³/mol. The molecule has 13 heteroatoms. The highest BCUT2D eigenvalue weighted by Gasteiger charge is 2.39. The van der Waals surface area contributed by atoms with Crippen molar-refractivity contribution in [3.05, 3.63) is 51.9 Å². The van der Waals surface area contributed by atoms with E-state index in [0.717, 1.165) is 4.31 Å². The molecule has 0 radical (unpaired) electrons. The monoisotopic (exact) mass is 515 g/mol. The zero-order valence-electron chi connectivity index (χ0n) is 18.0. The van der Waals surface area contributed by atoms with E-state index in [9.17, 15) is 26.4 Å². The highest BCUT2D eigenvalue weighted by Crippen LogP contribution is 2.27. The van der Waals surface area contributed by atoms with Gasteiger partial charge in [-0.25, -0.2) is 17.7 Å². The lowest BCUT2D eigenvalue weighted by atomic mass is 10.1. The number of aryl methyl sites for hydroxylation is 1. The minimum Gasteiger partial charge on any atom is -0.351 e. The molecule has 1 aromatic carbocycles. The van der Waals surface area contributed by atoms with Crippen LogP contribution >= 0.6 is 11.6 Å². The summed E-state index contributed by atoms with van der Waals surface area (Å²) < 4.78 is 63.8. The van der Waals surface area contributed by atoms with Crippen molar-refractivity contribution in [1.29, 1.82) is 0 Å². The number of benzene rings is 1. The van der Waals surface area contributed by atoms with Gasteiger partial charge in [-0.2, -0.15) is 18.2 Å². The summed E-state index contributed by atoms with van der Waals surface area (Å²) in [5.41, 5.74) is 1.12. The average Bonchev–Trinajstić information content (AvgIpc) is 2.76. The third-order valence-corrected chi connectivity index (χ3v) is 7.81. The van der Waals surface area contributed by atoms with Crippen molar-refractivity contribution in [2.75, 3.05) is 24.2 Å². The third-order valence-electron chi connectivity index (χ3n) is 5.64. The number of halogens is 4. The lowest BCUT2D eigenvalue weighted by Gasteiger charge is -2.31. The molecule has 0 amide bonds. The Hall–Kier alpha value is -2.70. The van der Waals surface area contributed by atoms with Crippen LogP contribution in [0, 0.1) is 0 Å². The quantitative estimate of drug-likeness (QED) is 0.559. The van der Waals surface area contributed by atoms with Crippen molar-refractivity contribution in [2.45, 2.75) is 25.1 Å². The van der Waals surface area contributed by atoms with Gasteiger partial charge in [-0.05, 0) is 25.0 Å². The van der Waals surface area contributed by atoms with E-state index >= 15 is 0 Å². The molecule has 3 heterocycles. The summed E-state index contributed by atoms with van der Waals surface area (Å²) in [4.78, 5) is 21.7. The number of hydrogen-bond acceptors (Lipinski definition) is 6. The largest absolute Gasteiger partial charge is 0.404 e. The van der Waals surface area contributed by atoms with Crippen LogP contribution < -0.4 is 10.9 Å². The van der Waals surface area contributed by atoms with E-state index in [1.165, 1.54) is 4.57 Å². The Kier molecular flexibility index (Phi) is 6.58. The molecule has 34 heavy (non-hydrogen) atoms. The fourth-order valence-electron chi connectivity index (χ4n) is 3.95. The fraction of sp³-hybridized carbons (Fsp3) is 0.381. The SMILES string of the molecule is Cn1c(=O)c(-c2ccccc2Cl)cc2cnc(NC3CCN(S(=O)(=O)CC(F)(F)F)CC3)nc21. The lowest BCUT2D eigenvalue weighted by molar-refractivity contribution is -0.107. The van der Waals surface area contributed by atoms with E-state index in [0.29, 0.717) is 40.0 Å². The Morgan fingerprint density at radius 3 is 2.50 bits per heavy atom. The van der Waals surface area contributed by atoms with Crippen LogP contribution in [0.3, 0.4) is 0 Å². The molecule has 2 aromatic heterocycles. The summed E-state index contributed by atoms with van der Waals surface area (Å²) in [6.07, 6.45) is -2.63. The van der Waals surface area contributed by atoms with Crippen molar-refractivity contribution in [3.8, 4) is 11.1 Å². The normalized spacial score (nSPS) is 16.1. The van der Waals surface area contributed by atoms with Crippen LogP contribution in [0.2, 0.25) is 5.02 Å². The second-order valence-electron chi connectivity index (χ2n) is 8.06. The highest BCUT2D eigenvalue weighted by atomic mass is 35.5. The number of fused-ring (bicyclic) bond motifs is 1. The Morgan fingerprint density at radius 1 is 1.18 bits per heavy atom. The molecule has 1 saturated heterocycles. The van der Waals surface area contributed by atoms with Gasteiger partial charge in [-0.15, -0.1) is 0 Å². The van der Waals surface area contributed by atoms with Gasteiger partial charge in [0.2, 0.25) is 16.0 Å². The molecule has 1 aliphatic heterocycles. The van der Waals surface area contributed by atoms with Crippen LogP contribution in [-0.2, 0) is 17.1 Å². The first-order valence-corrected chi connectivity index (χ1v) is 12.4. The number of hydrogen-bond donors (Lipinski definition) is 1. The summed E-state index contributed by atoms with van der Waals surface area (Å²) in [5, 5.41) is 4.16. The number of aromatic nitrogens is 3. The van der Waals surface area contributed by atoms with Gasteiger partial charge >= 0.3 is 6.18 Å². The molecule has 1 aliphatic rings. The summed E-state index contributed by atoms with van der Waals surface area (Å²) in [6, 6.07) is 8.45. The van der Waals surface area contributed by atoms with Crippen molar-refractivity contribution >= 4 is 38.6 Å². The maximum absolute atomic E-state index is 12.9. The average molecular weight is 516 g/mol. The van der Waals surface area contributed by atoms with Gasteiger partial charge in [-0.3, -0.25) is 9.36 Å². The molecule has 1 fully saturated rings. The molecule has 4 rings (SSSR count). The minimum atomic E-state index is -4.78. The number of sulfonamides is 1. The molecular weight excluding hydrogens is 495 g/mol. The fourth-order valence-corrected chi connectivity index (χ4v) is 5.55. The first kappa shape index (κ1) is 24.4. The molecule has 0 aliphatic carbocycles. The first-order chi connectivity index (χ1) is 15.9.